The lowest BCUT2D eigenvalue weighted by molar-refractivity contribution is 0.270. The Morgan fingerprint density at radius 1 is 0.781 bits per heavy atom. The highest BCUT2D eigenvalue weighted by Gasteiger charge is 2.52. The molecule has 0 nitrogen and oxygen atoms in total. The third-order valence-corrected chi connectivity index (χ3v) is 9.02. The molecule has 1 atom stereocenters. The van der Waals surface area contributed by atoms with Crippen LogP contribution in [0.1, 0.15) is 87.3 Å². The molecule has 0 radical (unpaired) electrons. The summed E-state index contributed by atoms with van der Waals surface area (Å²) in [6.07, 6.45) is 10.4. The molecule has 2 aromatic rings. The lowest BCUT2D eigenvalue weighted by Gasteiger charge is -2.41. The molecule has 3 aliphatic carbocycles. The Morgan fingerprint density at radius 3 is 2.25 bits per heavy atom. The zero-order valence-electron chi connectivity index (χ0n) is 20.8. The fraction of sp³-hybridized carbons (Fsp3) is 0.375. The van der Waals surface area contributed by atoms with Gasteiger partial charge in [0.1, 0.15) is 0 Å². The molecule has 164 valence electrons. The number of aryl methyl sites for hydroxylation is 1. The molecular formula is C32H36. The summed E-state index contributed by atoms with van der Waals surface area (Å²) in [5.74, 6) is 0. The van der Waals surface area contributed by atoms with Gasteiger partial charge in [0.15, 0.2) is 0 Å². The number of hydrogen-bond acceptors (Lipinski definition) is 0. The third kappa shape index (κ3) is 2.75. The first kappa shape index (κ1) is 21.3. The van der Waals surface area contributed by atoms with Gasteiger partial charge in [-0.1, -0.05) is 81.0 Å². The average Bonchev–Trinajstić information content (AvgIpc) is 2.94. The van der Waals surface area contributed by atoms with Crippen LogP contribution in [-0.4, -0.2) is 0 Å². The Kier molecular flexibility index (Phi) is 4.79. The summed E-state index contributed by atoms with van der Waals surface area (Å²) in [7, 11) is 0. The molecule has 0 saturated carbocycles. The minimum Gasteiger partial charge on any atom is -0.0836 e. The second-order valence-electron chi connectivity index (χ2n) is 10.9. The molecule has 0 spiro atoms. The van der Waals surface area contributed by atoms with Crippen LogP contribution in [0.3, 0.4) is 0 Å². The molecule has 3 aliphatic rings. The summed E-state index contributed by atoms with van der Waals surface area (Å²) < 4.78 is 0. The Morgan fingerprint density at radius 2 is 1.50 bits per heavy atom. The van der Waals surface area contributed by atoms with Crippen molar-refractivity contribution in [1.29, 1.82) is 0 Å². The third-order valence-electron chi connectivity index (χ3n) is 9.02. The van der Waals surface area contributed by atoms with E-state index in [0.29, 0.717) is 0 Å². The van der Waals surface area contributed by atoms with E-state index in [1.54, 1.807) is 5.56 Å². The van der Waals surface area contributed by atoms with Crippen LogP contribution in [0.2, 0.25) is 0 Å². The molecule has 0 heterocycles. The van der Waals surface area contributed by atoms with Crippen LogP contribution < -0.4 is 0 Å². The van der Waals surface area contributed by atoms with Crippen molar-refractivity contribution in [1.82, 2.24) is 0 Å². The van der Waals surface area contributed by atoms with Gasteiger partial charge in [-0.15, -0.1) is 0 Å². The first-order valence-electron chi connectivity index (χ1n) is 12.2. The van der Waals surface area contributed by atoms with Gasteiger partial charge in [0.05, 0.1) is 0 Å². The number of rotatable bonds is 2. The molecule has 0 aromatic heterocycles. The summed E-state index contributed by atoms with van der Waals surface area (Å²) in [5, 5.41) is 0. The van der Waals surface area contributed by atoms with E-state index < -0.39 is 0 Å². The van der Waals surface area contributed by atoms with Crippen molar-refractivity contribution in [3.63, 3.8) is 0 Å². The molecule has 5 rings (SSSR count). The summed E-state index contributed by atoms with van der Waals surface area (Å²) in [6.45, 7) is 16.7. The number of fused-ring (bicyclic) bond motifs is 3. The molecule has 0 amide bonds. The smallest absolute Gasteiger partial charge is 0.00571 e. The van der Waals surface area contributed by atoms with Crippen LogP contribution in [0, 0.1) is 19.3 Å². The van der Waals surface area contributed by atoms with E-state index in [1.807, 2.05) is 0 Å². The second kappa shape index (κ2) is 7.20. The van der Waals surface area contributed by atoms with Crippen molar-refractivity contribution in [3.05, 3.63) is 99.2 Å². The summed E-state index contributed by atoms with van der Waals surface area (Å²) in [6, 6.07) is 13.7. The van der Waals surface area contributed by atoms with E-state index in [0.717, 1.165) is 19.3 Å². The fourth-order valence-corrected chi connectivity index (χ4v) is 6.80. The number of hydrogen-bond donors (Lipinski definition) is 0. The van der Waals surface area contributed by atoms with Crippen molar-refractivity contribution in [3.8, 4) is 0 Å². The molecule has 2 aromatic carbocycles. The van der Waals surface area contributed by atoms with Crippen molar-refractivity contribution in [2.75, 3.05) is 0 Å². The first-order chi connectivity index (χ1) is 15.2. The maximum atomic E-state index is 2.47. The second-order valence-corrected chi connectivity index (χ2v) is 10.9. The number of allylic oxidation sites excluding steroid dienone is 8. The van der Waals surface area contributed by atoms with Gasteiger partial charge in [-0.2, -0.15) is 0 Å². The van der Waals surface area contributed by atoms with Crippen molar-refractivity contribution < 1.29 is 0 Å². The van der Waals surface area contributed by atoms with Crippen molar-refractivity contribution >= 4 is 16.7 Å². The largest absolute Gasteiger partial charge is 0.0836 e. The SMILES string of the molecule is CC1=C(c2ccccc2C)C(C)=C(c2ccc3c(c2C)C(C)(C)C2(C)CC=CC=C32)CC1. The molecule has 0 bridgehead atoms. The lowest BCUT2D eigenvalue weighted by Crippen LogP contribution is -2.35. The van der Waals surface area contributed by atoms with Gasteiger partial charge in [0.2, 0.25) is 0 Å². The van der Waals surface area contributed by atoms with Crippen LogP contribution >= 0.6 is 0 Å². The maximum absolute atomic E-state index is 2.47. The van der Waals surface area contributed by atoms with Gasteiger partial charge < -0.3 is 0 Å². The molecule has 0 aliphatic heterocycles. The molecule has 32 heavy (non-hydrogen) atoms. The Bertz CT molecular complexity index is 1250. The minimum absolute atomic E-state index is 0.118. The van der Waals surface area contributed by atoms with Gasteiger partial charge in [-0.25, -0.2) is 0 Å². The van der Waals surface area contributed by atoms with E-state index in [4.69, 9.17) is 0 Å². The predicted octanol–water partition coefficient (Wildman–Crippen LogP) is 8.99. The highest BCUT2D eigenvalue weighted by Crippen LogP contribution is 2.62. The van der Waals surface area contributed by atoms with Crippen LogP contribution in [-0.2, 0) is 5.41 Å². The van der Waals surface area contributed by atoms with E-state index in [2.05, 4.69) is 103 Å². The van der Waals surface area contributed by atoms with E-state index in [9.17, 15) is 0 Å². The quantitative estimate of drug-likeness (QED) is 0.455. The topological polar surface area (TPSA) is 0 Å². The summed E-state index contributed by atoms with van der Waals surface area (Å²) in [5.41, 5.74) is 16.6. The Balaban J connectivity index is 1.71. The Hall–Kier alpha value is -2.60. The van der Waals surface area contributed by atoms with Crippen molar-refractivity contribution in [2.45, 2.75) is 73.1 Å². The molecule has 0 fully saturated rings. The van der Waals surface area contributed by atoms with E-state index in [-0.39, 0.29) is 10.8 Å². The van der Waals surface area contributed by atoms with Gasteiger partial charge in [-0.3, -0.25) is 0 Å². The fourth-order valence-electron chi connectivity index (χ4n) is 6.80. The monoisotopic (exact) mass is 420 g/mol. The van der Waals surface area contributed by atoms with E-state index >= 15 is 0 Å². The molecule has 0 heteroatoms. The van der Waals surface area contributed by atoms with Gasteiger partial charge in [0.25, 0.3) is 0 Å². The standard InChI is InChI=1S/C32H36/c1-20-12-8-9-13-24(20)29-21(2)15-16-25(22(29)3)26-17-18-27-28-14-10-11-19-32(28,7)31(5,6)30(27)23(26)4/h8-14,17-18H,15-16,19H2,1-7H3. The maximum Gasteiger partial charge on any atom is 0.00571 e. The molecule has 0 N–H and O–H groups in total. The zero-order valence-corrected chi connectivity index (χ0v) is 20.8. The highest BCUT2D eigenvalue weighted by atomic mass is 14.6. The van der Waals surface area contributed by atoms with Gasteiger partial charge >= 0.3 is 0 Å². The van der Waals surface area contributed by atoms with E-state index in [1.165, 1.54) is 55.7 Å². The molecule has 0 saturated heterocycles. The summed E-state index contributed by atoms with van der Waals surface area (Å²) in [4.78, 5) is 0. The Labute approximate surface area is 194 Å². The number of benzene rings is 2. The molecular weight excluding hydrogens is 384 g/mol. The highest BCUT2D eigenvalue weighted by molar-refractivity contribution is 5.94. The van der Waals surface area contributed by atoms with Crippen LogP contribution in [0.15, 0.2) is 65.8 Å². The normalized spacial score (nSPS) is 23.9. The predicted molar refractivity (Wildman–Crippen MR) is 140 cm³/mol. The minimum atomic E-state index is 0.118. The zero-order chi connectivity index (χ0) is 22.8. The van der Waals surface area contributed by atoms with Crippen LogP contribution in [0.4, 0.5) is 0 Å². The van der Waals surface area contributed by atoms with Gasteiger partial charge in [0, 0.05) is 10.8 Å². The average molecular weight is 421 g/mol. The van der Waals surface area contributed by atoms with Crippen molar-refractivity contribution in [2.24, 2.45) is 5.41 Å². The molecule has 1 unspecified atom stereocenters. The first-order valence-corrected chi connectivity index (χ1v) is 12.2. The summed E-state index contributed by atoms with van der Waals surface area (Å²) >= 11 is 0. The van der Waals surface area contributed by atoms with Crippen LogP contribution in [0.5, 0.6) is 0 Å². The van der Waals surface area contributed by atoms with Crippen LogP contribution in [0.25, 0.3) is 16.7 Å². The van der Waals surface area contributed by atoms with Gasteiger partial charge in [-0.05, 0) is 103 Å². The lowest BCUT2D eigenvalue weighted by atomic mass is 9.62.